The molecule has 0 saturated carbocycles. The minimum Gasteiger partial charge on any atom is -0.457 e. The average molecular weight is 317 g/mol. The molecule has 0 aliphatic heterocycles. The van der Waals surface area contributed by atoms with E-state index in [-0.39, 0.29) is 18.2 Å². The number of nitrogen functional groups attached to an aromatic ring is 1. The zero-order chi connectivity index (χ0) is 17.0. The number of carbonyl (C=O) groups excluding carboxylic acids is 2. The SMILES string of the molecule is CC(=O)On1c(C)nc(N)c(C(=O)OCc2ccccc2)c1=O. The summed E-state index contributed by atoms with van der Waals surface area (Å²) in [5, 5.41) is 0. The molecular weight excluding hydrogens is 302 g/mol. The molecule has 0 fully saturated rings. The number of carbonyl (C=O) groups is 2. The maximum absolute atomic E-state index is 12.3. The van der Waals surface area contributed by atoms with E-state index in [1.807, 2.05) is 6.07 Å². The number of hydrogen-bond donors (Lipinski definition) is 1. The minimum atomic E-state index is -0.940. The molecule has 0 bridgehead atoms. The van der Waals surface area contributed by atoms with Gasteiger partial charge in [0.05, 0.1) is 0 Å². The molecule has 1 aromatic carbocycles. The highest BCUT2D eigenvalue weighted by Crippen LogP contribution is 2.08. The molecule has 0 unspecified atom stereocenters. The van der Waals surface area contributed by atoms with E-state index in [2.05, 4.69) is 4.98 Å². The summed E-state index contributed by atoms with van der Waals surface area (Å²) in [5.74, 6) is -1.91. The molecule has 0 amide bonds. The van der Waals surface area contributed by atoms with Crippen LogP contribution in [0.5, 0.6) is 0 Å². The first-order chi connectivity index (χ1) is 10.9. The number of esters is 1. The number of anilines is 1. The van der Waals surface area contributed by atoms with Crippen molar-refractivity contribution in [1.82, 2.24) is 9.71 Å². The summed E-state index contributed by atoms with van der Waals surface area (Å²) in [4.78, 5) is 44.0. The van der Waals surface area contributed by atoms with E-state index in [0.29, 0.717) is 4.73 Å². The number of aryl methyl sites for hydroxylation is 1. The highest BCUT2D eigenvalue weighted by molar-refractivity contribution is 5.93. The molecule has 0 radical (unpaired) electrons. The molecule has 1 aromatic heterocycles. The molecule has 8 heteroatoms. The Morgan fingerprint density at radius 1 is 1.26 bits per heavy atom. The van der Waals surface area contributed by atoms with E-state index < -0.39 is 23.1 Å². The molecule has 8 nitrogen and oxygen atoms in total. The van der Waals surface area contributed by atoms with Crippen LogP contribution in [0.15, 0.2) is 35.1 Å². The van der Waals surface area contributed by atoms with Crippen LogP contribution >= 0.6 is 0 Å². The van der Waals surface area contributed by atoms with Crippen molar-refractivity contribution in [3.05, 3.63) is 57.6 Å². The molecule has 120 valence electrons. The Kier molecular flexibility index (Phi) is 4.75. The molecule has 2 rings (SSSR count). The third-order valence-electron chi connectivity index (χ3n) is 2.87. The van der Waals surface area contributed by atoms with Crippen molar-refractivity contribution in [1.29, 1.82) is 0 Å². The normalized spacial score (nSPS) is 10.2. The molecule has 0 saturated heterocycles. The van der Waals surface area contributed by atoms with Crippen molar-refractivity contribution in [3.8, 4) is 0 Å². The second-order valence-corrected chi connectivity index (χ2v) is 4.66. The Hall–Kier alpha value is -3.16. The highest BCUT2D eigenvalue weighted by atomic mass is 16.7. The van der Waals surface area contributed by atoms with Gasteiger partial charge in [0.15, 0.2) is 5.56 Å². The molecule has 0 aliphatic rings. The summed E-state index contributed by atoms with van der Waals surface area (Å²) in [6.45, 7) is 2.51. The van der Waals surface area contributed by atoms with E-state index in [1.54, 1.807) is 24.3 Å². The number of benzene rings is 1. The van der Waals surface area contributed by atoms with Gasteiger partial charge in [-0.1, -0.05) is 30.3 Å². The lowest BCUT2D eigenvalue weighted by molar-refractivity contribution is -0.142. The second-order valence-electron chi connectivity index (χ2n) is 4.66. The molecule has 0 aliphatic carbocycles. The molecule has 1 heterocycles. The van der Waals surface area contributed by atoms with E-state index in [1.165, 1.54) is 6.92 Å². The fourth-order valence-electron chi connectivity index (χ4n) is 1.86. The third-order valence-corrected chi connectivity index (χ3v) is 2.87. The first-order valence-electron chi connectivity index (χ1n) is 6.69. The van der Waals surface area contributed by atoms with E-state index in [4.69, 9.17) is 15.3 Å². The summed E-state index contributed by atoms with van der Waals surface area (Å²) in [5.41, 5.74) is 5.00. The largest absolute Gasteiger partial charge is 0.457 e. The number of hydrogen-bond acceptors (Lipinski definition) is 7. The lowest BCUT2D eigenvalue weighted by Crippen LogP contribution is -2.37. The van der Waals surface area contributed by atoms with Gasteiger partial charge >= 0.3 is 17.5 Å². The standard InChI is InChI=1S/C15H15N3O5/c1-9-17-13(16)12(14(20)18(9)23-10(2)19)15(21)22-8-11-6-4-3-5-7-11/h3-7H,8,16H2,1-2H3. The second kappa shape index (κ2) is 6.73. The molecule has 2 N–H and O–H groups in total. The van der Waals surface area contributed by atoms with E-state index in [9.17, 15) is 14.4 Å². The van der Waals surface area contributed by atoms with Crippen LogP contribution in [0.2, 0.25) is 0 Å². The van der Waals surface area contributed by atoms with E-state index >= 15 is 0 Å². The molecule has 23 heavy (non-hydrogen) atoms. The van der Waals surface area contributed by atoms with Crippen LogP contribution in [0, 0.1) is 6.92 Å². The fourth-order valence-corrected chi connectivity index (χ4v) is 1.86. The van der Waals surface area contributed by atoms with Crippen LogP contribution in [0.4, 0.5) is 5.82 Å². The number of aromatic nitrogens is 2. The molecular formula is C15H15N3O5. The minimum absolute atomic E-state index is 0.0278. The third kappa shape index (κ3) is 3.73. The van der Waals surface area contributed by atoms with Crippen molar-refractivity contribution >= 4 is 17.8 Å². The molecule has 0 atom stereocenters. The molecule has 0 spiro atoms. The van der Waals surface area contributed by atoms with Crippen molar-refractivity contribution in [3.63, 3.8) is 0 Å². The number of ether oxygens (including phenoxy) is 1. The Labute approximate surface area is 131 Å². The van der Waals surface area contributed by atoms with Crippen LogP contribution < -0.4 is 16.1 Å². The van der Waals surface area contributed by atoms with Gasteiger partial charge in [0.1, 0.15) is 18.2 Å². The van der Waals surface area contributed by atoms with Gasteiger partial charge in [-0.2, -0.15) is 0 Å². The van der Waals surface area contributed by atoms with Gasteiger partial charge in [0.2, 0.25) is 0 Å². The summed E-state index contributed by atoms with van der Waals surface area (Å²) >= 11 is 0. The summed E-state index contributed by atoms with van der Waals surface area (Å²) in [7, 11) is 0. The van der Waals surface area contributed by atoms with Crippen LogP contribution in [0.3, 0.4) is 0 Å². The average Bonchev–Trinajstić information content (AvgIpc) is 2.50. The monoisotopic (exact) mass is 317 g/mol. The molecule has 2 aromatic rings. The first-order valence-corrected chi connectivity index (χ1v) is 6.69. The Morgan fingerprint density at radius 3 is 2.52 bits per heavy atom. The zero-order valence-electron chi connectivity index (χ0n) is 12.6. The maximum atomic E-state index is 12.3. The lowest BCUT2D eigenvalue weighted by Gasteiger charge is -2.11. The summed E-state index contributed by atoms with van der Waals surface area (Å²) in [6, 6.07) is 8.94. The zero-order valence-corrected chi connectivity index (χ0v) is 12.6. The van der Waals surface area contributed by atoms with Gasteiger partial charge in [-0.05, 0) is 12.5 Å². The number of nitrogens with two attached hydrogens (primary N) is 1. The van der Waals surface area contributed by atoms with Gasteiger partial charge in [-0.25, -0.2) is 14.6 Å². The Balaban J connectivity index is 2.29. The van der Waals surface area contributed by atoms with Crippen molar-refractivity contribution < 1.29 is 19.2 Å². The van der Waals surface area contributed by atoms with Crippen LogP contribution in [-0.2, 0) is 16.1 Å². The van der Waals surface area contributed by atoms with Gasteiger partial charge < -0.3 is 15.3 Å². The van der Waals surface area contributed by atoms with Gasteiger partial charge in [-0.15, -0.1) is 4.73 Å². The summed E-state index contributed by atoms with van der Waals surface area (Å²) < 4.78 is 5.67. The Morgan fingerprint density at radius 2 is 1.91 bits per heavy atom. The van der Waals surface area contributed by atoms with Gasteiger partial charge in [-0.3, -0.25) is 4.79 Å². The smallest absolute Gasteiger partial charge is 0.348 e. The highest BCUT2D eigenvalue weighted by Gasteiger charge is 2.22. The number of nitrogens with zero attached hydrogens (tertiary/aromatic N) is 2. The van der Waals surface area contributed by atoms with Gasteiger partial charge in [0, 0.05) is 6.92 Å². The van der Waals surface area contributed by atoms with Crippen LogP contribution in [0.25, 0.3) is 0 Å². The first kappa shape index (κ1) is 16.2. The van der Waals surface area contributed by atoms with Crippen molar-refractivity contribution in [2.45, 2.75) is 20.5 Å². The lowest BCUT2D eigenvalue weighted by atomic mass is 10.2. The predicted octanol–water partition coefficient (Wildman–Crippen LogP) is 0.466. The fraction of sp³-hybridized carbons (Fsp3) is 0.200. The van der Waals surface area contributed by atoms with Crippen LogP contribution in [-0.4, -0.2) is 21.7 Å². The quantitative estimate of drug-likeness (QED) is 0.815. The van der Waals surface area contributed by atoms with E-state index in [0.717, 1.165) is 12.5 Å². The summed E-state index contributed by atoms with van der Waals surface area (Å²) in [6.07, 6.45) is 0. The Bertz CT molecular complexity index is 799. The van der Waals surface area contributed by atoms with Crippen LogP contribution in [0.1, 0.15) is 28.7 Å². The topological polar surface area (TPSA) is 114 Å². The number of rotatable bonds is 4. The van der Waals surface area contributed by atoms with Crippen molar-refractivity contribution in [2.75, 3.05) is 5.73 Å². The maximum Gasteiger partial charge on any atom is 0.348 e. The van der Waals surface area contributed by atoms with Crippen molar-refractivity contribution in [2.24, 2.45) is 0 Å². The van der Waals surface area contributed by atoms with Gasteiger partial charge in [0.25, 0.3) is 0 Å². The predicted molar refractivity (Wildman–Crippen MR) is 80.5 cm³/mol.